The van der Waals surface area contributed by atoms with E-state index < -0.39 is 0 Å². The first-order chi connectivity index (χ1) is 13.8. The molecule has 1 nitrogen and oxygen atoms in total. The third-order valence-electron chi connectivity index (χ3n) is 6.32. The van der Waals surface area contributed by atoms with E-state index in [9.17, 15) is 0 Å². The Balaban J connectivity index is 1.27. The van der Waals surface area contributed by atoms with Gasteiger partial charge in [-0.1, -0.05) is 96.6 Å². The van der Waals surface area contributed by atoms with Crippen molar-refractivity contribution >= 4 is 0 Å². The molecule has 0 amide bonds. The van der Waals surface area contributed by atoms with Gasteiger partial charge < -0.3 is 0 Å². The SMILES string of the molecule is C1=C(Cc2ccc(-c3ccccc3)cc2)CC2CCC1N2Cc1ccccc1. The second kappa shape index (κ2) is 7.77. The van der Waals surface area contributed by atoms with Crippen LogP contribution >= 0.6 is 0 Å². The van der Waals surface area contributed by atoms with Gasteiger partial charge in [0.2, 0.25) is 0 Å². The van der Waals surface area contributed by atoms with Crippen LogP contribution in [0.2, 0.25) is 0 Å². The number of hydrogen-bond acceptors (Lipinski definition) is 1. The molecule has 3 aromatic carbocycles. The molecule has 0 saturated carbocycles. The van der Waals surface area contributed by atoms with Crippen molar-refractivity contribution in [3.8, 4) is 11.1 Å². The molecule has 2 aliphatic rings. The van der Waals surface area contributed by atoms with Gasteiger partial charge in [0.1, 0.15) is 0 Å². The van der Waals surface area contributed by atoms with Crippen LogP contribution in [0.3, 0.4) is 0 Å². The molecular weight excluding hydrogens is 338 g/mol. The molecule has 1 saturated heterocycles. The van der Waals surface area contributed by atoms with Crippen LogP contribution in [0.1, 0.15) is 30.4 Å². The van der Waals surface area contributed by atoms with Gasteiger partial charge in [0.15, 0.2) is 0 Å². The Hall–Kier alpha value is -2.64. The molecule has 2 bridgehead atoms. The zero-order valence-electron chi connectivity index (χ0n) is 16.3. The lowest BCUT2D eigenvalue weighted by Gasteiger charge is -2.34. The summed E-state index contributed by atoms with van der Waals surface area (Å²) in [6.07, 6.45) is 7.54. The van der Waals surface area contributed by atoms with Crippen LogP contribution in [0.25, 0.3) is 11.1 Å². The number of nitrogens with zero attached hydrogens (tertiary/aromatic N) is 1. The second-order valence-electron chi connectivity index (χ2n) is 8.23. The fraction of sp³-hybridized carbons (Fsp3) is 0.259. The lowest BCUT2D eigenvalue weighted by Crippen LogP contribution is -2.38. The summed E-state index contributed by atoms with van der Waals surface area (Å²) in [5.41, 5.74) is 7.09. The highest BCUT2D eigenvalue weighted by Gasteiger charge is 2.36. The molecule has 0 aromatic heterocycles. The highest BCUT2D eigenvalue weighted by Crippen LogP contribution is 2.37. The molecule has 2 unspecified atom stereocenters. The van der Waals surface area contributed by atoms with Gasteiger partial charge in [0, 0.05) is 18.6 Å². The van der Waals surface area contributed by atoms with Gasteiger partial charge in [-0.3, -0.25) is 4.90 Å². The number of hydrogen-bond donors (Lipinski definition) is 0. The van der Waals surface area contributed by atoms with E-state index in [-0.39, 0.29) is 0 Å². The Kier molecular flexibility index (Phi) is 4.85. The summed E-state index contributed by atoms with van der Waals surface area (Å²) in [6.45, 7) is 1.09. The van der Waals surface area contributed by atoms with Crippen LogP contribution in [0.5, 0.6) is 0 Å². The van der Waals surface area contributed by atoms with Gasteiger partial charge >= 0.3 is 0 Å². The molecule has 3 aromatic rings. The van der Waals surface area contributed by atoms with Crippen LogP contribution in [0.4, 0.5) is 0 Å². The van der Waals surface area contributed by atoms with Crippen LogP contribution in [-0.4, -0.2) is 17.0 Å². The fourth-order valence-corrected chi connectivity index (χ4v) is 4.89. The average molecular weight is 366 g/mol. The van der Waals surface area contributed by atoms with Crippen molar-refractivity contribution in [2.24, 2.45) is 0 Å². The van der Waals surface area contributed by atoms with Gasteiger partial charge in [-0.25, -0.2) is 0 Å². The molecule has 28 heavy (non-hydrogen) atoms. The van der Waals surface area contributed by atoms with E-state index in [0.29, 0.717) is 12.1 Å². The van der Waals surface area contributed by atoms with Crippen molar-refractivity contribution in [3.05, 3.63) is 108 Å². The van der Waals surface area contributed by atoms with Crippen LogP contribution < -0.4 is 0 Å². The molecule has 0 aliphatic carbocycles. The number of fused-ring (bicyclic) bond motifs is 2. The smallest absolute Gasteiger partial charge is 0.0288 e. The second-order valence-corrected chi connectivity index (χ2v) is 8.23. The average Bonchev–Trinajstić information content (AvgIpc) is 2.98. The van der Waals surface area contributed by atoms with Crippen molar-refractivity contribution in [2.75, 3.05) is 0 Å². The Morgan fingerprint density at radius 1 is 0.679 bits per heavy atom. The van der Waals surface area contributed by atoms with E-state index >= 15 is 0 Å². The molecule has 0 radical (unpaired) electrons. The molecule has 2 heterocycles. The first-order valence-electron chi connectivity index (χ1n) is 10.5. The quantitative estimate of drug-likeness (QED) is 0.482. The predicted octanol–water partition coefficient (Wildman–Crippen LogP) is 6.26. The molecule has 1 fully saturated rings. The van der Waals surface area contributed by atoms with Crippen molar-refractivity contribution in [1.29, 1.82) is 0 Å². The third kappa shape index (κ3) is 3.68. The zero-order valence-corrected chi connectivity index (χ0v) is 16.3. The molecular formula is C27H27N. The van der Waals surface area contributed by atoms with Gasteiger partial charge in [0.05, 0.1) is 0 Å². The zero-order chi connectivity index (χ0) is 18.8. The maximum absolute atomic E-state index is 2.72. The summed E-state index contributed by atoms with van der Waals surface area (Å²) in [5.74, 6) is 0. The fourth-order valence-electron chi connectivity index (χ4n) is 4.89. The first-order valence-corrected chi connectivity index (χ1v) is 10.5. The number of benzene rings is 3. The van der Waals surface area contributed by atoms with Crippen molar-refractivity contribution in [3.63, 3.8) is 0 Å². The van der Waals surface area contributed by atoms with Crippen molar-refractivity contribution in [1.82, 2.24) is 4.90 Å². The van der Waals surface area contributed by atoms with Gasteiger partial charge in [-0.2, -0.15) is 0 Å². The van der Waals surface area contributed by atoms with Gasteiger partial charge in [-0.05, 0) is 47.9 Å². The van der Waals surface area contributed by atoms with Crippen molar-refractivity contribution < 1.29 is 0 Å². The maximum atomic E-state index is 2.72. The first kappa shape index (κ1) is 17.5. The molecule has 0 spiro atoms. The Bertz CT molecular complexity index is 941. The van der Waals surface area contributed by atoms with E-state index in [2.05, 4.69) is 95.9 Å². The van der Waals surface area contributed by atoms with Gasteiger partial charge in [0.25, 0.3) is 0 Å². The van der Waals surface area contributed by atoms with Crippen LogP contribution in [0, 0.1) is 0 Å². The summed E-state index contributed by atoms with van der Waals surface area (Å²) in [5, 5.41) is 0. The lowest BCUT2D eigenvalue weighted by molar-refractivity contribution is 0.195. The Morgan fingerprint density at radius 2 is 1.36 bits per heavy atom. The monoisotopic (exact) mass is 365 g/mol. The molecule has 1 heteroatoms. The summed E-state index contributed by atoms with van der Waals surface area (Å²) < 4.78 is 0. The van der Waals surface area contributed by atoms with E-state index in [1.165, 1.54) is 41.5 Å². The normalized spacial score (nSPS) is 21.5. The highest BCUT2D eigenvalue weighted by molar-refractivity contribution is 5.63. The largest absolute Gasteiger partial charge is 0.289 e. The minimum absolute atomic E-state index is 0.623. The molecule has 0 N–H and O–H groups in total. The summed E-state index contributed by atoms with van der Waals surface area (Å²) >= 11 is 0. The van der Waals surface area contributed by atoms with E-state index in [0.717, 1.165) is 13.0 Å². The lowest BCUT2D eigenvalue weighted by atomic mass is 9.94. The Labute approximate surface area is 168 Å². The minimum atomic E-state index is 0.623. The molecule has 5 rings (SSSR count). The van der Waals surface area contributed by atoms with Crippen LogP contribution in [0.15, 0.2) is 96.6 Å². The van der Waals surface area contributed by atoms with E-state index in [1.807, 2.05) is 0 Å². The number of rotatable bonds is 5. The minimum Gasteiger partial charge on any atom is -0.289 e. The maximum Gasteiger partial charge on any atom is 0.0288 e. The van der Waals surface area contributed by atoms with E-state index in [1.54, 1.807) is 5.57 Å². The molecule has 140 valence electrons. The topological polar surface area (TPSA) is 3.24 Å². The standard InChI is InChI=1S/C27H27N/c1-3-7-22(8-4-1)20-28-26-15-16-27(28)19-23(18-26)17-21-11-13-25(14-12-21)24-9-5-2-6-10-24/h1-14,18,26-27H,15-17,19-20H2. The van der Waals surface area contributed by atoms with Crippen LogP contribution in [-0.2, 0) is 13.0 Å². The summed E-state index contributed by atoms with van der Waals surface area (Å²) in [4.78, 5) is 2.72. The molecule has 2 atom stereocenters. The summed E-state index contributed by atoms with van der Waals surface area (Å²) in [7, 11) is 0. The highest BCUT2D eigenvalue weighted by atomic mass is 15.2. The van der Waals surface area contributed by atoms with Gasteiger partial charge in [-0.15, -0.1) is 0 Å². The predicted molar refractivity (Wildman–Crippen MR) is 117 cm³/mol. The van der Waals surface area contributed by atoms with E-state index in [4.69, 9.17) is 0 Å². The summed E-state index contributed by atoms with van der Waals surface area (Å²) in [6, 6.07) is 32.1. The van der Waals surface area contributed by atoms with Crippen molar-refractivity contribution in [2.45, 2.75) is 44.3 Å². The molecule has 2 aliphatic heterocycles. The third-order valence-corrected chi connectivity index (χ3v) is 6.32. The Morgan fingerprint density at radius 3 is 2.07 bits per heavy atom.